The Balaban J connectivity index is 2.49. The molecule has 1 heterocycles. The van der Waals surface area contributed by atoms with Gasteiger partial charge in [-0.15, -0.1) is 0 Å². The number of alkyl halides is 6. The van der Waals surface area contributed by atoms with Gasteiger partial charge in [0, 0.05) is 6.20 Å². The highest BCUT2D eigenvalue weighted by molar-refractivity contribution is 7.89. The number of rotatable bonds is 3. The molecule has 126 valence electrons. The number of hydrogen-bond acceptors (Lipinski definition) is 2. The molecule has 0 spiro atoms. The quantitative estimate of drug-likeness (QED) is 0.486. The topological polar surface area (TPSA) is 34.9 Å². The standard InChI is InChI=1S/C11H4Cl4F4N2OS/c12-6-1-5(10(16,17)18)2-7(13)9(6)21-3-8(20-4-21)23(22)11(14,15)19/h1-4H. The van der Waals surface area contributed by atoms with Gasteiger partial charge >= 0.3 is 10.1 Å². The van der Waals surface area contributed by atoms with Crippen molar-refractivity contribution in [2.75, 3.05) is 0 Å². The summed E-state index contributed by atoms with van der Waals surface area (Å²) in [6, 6.07) is 1.34. The highest BCUT2D eigenvalue weighted by Crippen LogP contribution is 2.38. The van der Waals surface area contributed by atoms with Crippen LogP contribution < -0.4 is 0 Å². The van der Waals surface area contributed by atoms with Gasteiger partial charge in [-0.05, 0) is 12.1 Å². The molecule has 0 N–H and O–H groups in total. The lowest BCUT2D eigenvalue weighted by Gasteiger charge is -2.12. The molecule has 0 aliphatic carbocycles. The Labute approximate surface area is 149 Å². The maximum absolute atomic E-state index is 13.2. The minimum atomic E-state index is -4.63. The number of imidazole rings is 1. The van der Waals surface area contributed by atoms with Crippen molar-refractivity contribution in [1.29, 1.82) is 0 Å². The van der Waals surface area contributed by atoms with Crippen molar-refractivity contribution < 1.29 is 21.8 Å². The molecule has 0 aliphatic rings. The van der Waals surface area contributed by atoms with E-state index in [0.29, 0.717) is 12.1 Å². The zero-order valence-electron chi connectivity index (χ0n) is 10.5. The molecule has 0 radical (unpaired) electrons. The first-order valence-corrected chi connectivity index (χ1v) is 8.16. The summed E-state index contributed by atoms with van der Waals surface area (Å²) in [6.07, 6.45) is -2.55. The van der Waals surface area contributed by atoms with Gasteiger partial charge < -0.3 is 4.57 Å². The van der Waals surface area contributed by atoms with Gasteiger partial charge in [-0.1, -0.05) is 46.4 Å². The molecule has 0 fully saturated rings. The molecule has 1 aromatic carbocycles. The maximum atomic E-state index is 13.2. The van der Waals surface area contributed by atoms with Crippen molar-refractivity contribution in [2.24, 2.45) is 0 Å². The first kappa shape index (κ1) is 18.8. The molecule has 1 unspecified atom stereocenters. The third kappa shape index (κ3) is 4.11. The van der Waals surface area contributed by atoms with Crippen LogP contribution in [0.1, 0.15) is 5.56 Å². The van der Waals surface area contributed by atoms with E-state index in [2.05, 4.69) is 4.98 Å². The van der Waals surface area contributed by atoms with E-state index in [-0.39, 0.29) is 20.8 Å². The molecule has 3 nitrogen and oxygen atoms in total. The van der Waals surface area contributed by atoms with Gasteiger partial charge in [0.05, 0.1) is 21.3 Å². The molecule has 23 heavy (non-hydrogen) atoms. The fourth-order valence-electron chi connectivity index (χ4n) is 1.62. The van der Waals surface area contributed by atoms with Gasteiger partial charge in [0.25, 0.3) is 0 Å². The van der Waals surface area contributed by atoms with E-state index < -0.39 is 26.5 Å². The van der Waals surface area contributed by atoms with E-state index in [4.69, 9.17) is 46.4 Å². The smallest absolute Gasteiger partial charge is 0.302 e. The van der Waals surface area contributed by atoms with E-state index in [0.717, 1.165) is 17.1 Å². The van der Waals surface area contributed by atoms with Gasteiger partial charge in [0.15, 0.2) is 5.03 Å². The first-order chi connectivity index (χ1) is 10.4. The predicted molar refractivity (Wildman–Crippen MR) is 80.5 cm³/mol. The Hall–Kier alpha value is -0.540. The Kier molecular flexibility index (Phi) is 5.23. The fourth-order valence-corrected chi connectivity index (χ4v) is 3.36. The molecule has 0 aliphatic heterocycles. The zero-order chi connectivity index (χ0) is 17.6. The molecule has 2 aromatic rings. The molecule has 0 saturated heterocycles. The van der Waals surface area contributed by atoms with Gasteiger partial charge in [-0.25, -0.2) is 9.19 Å². The second kappa shape index (κ2) is 6.40. The lowest BCUT2D eigenvalue weighted by molar-refractivity contribution is -0.137. The number of benzene rings is 1. The van der Waals surface area contributed by atoms with Gasteiger partial charge in [-0.2, -0.15) is 17.6 Å². The summed E-state index contributed by atoms with van der Waals surface area (Å²) in [5.74, 6) is 0. The zero-order valence-corrected chi connectivity index (χ0v) is 14.4. The van der Waals surface area contributed by atoms with Gasteiger partial charge in [-0.3, -0.25) is 0 Å². The summed E-state index contributed by atoms with van der Waals surface area (Å²) in [7, 11) is -2.52. The molecule has 0 saturated carbocycles. The molecule has 0 bridgehead atoms. The molecular weight excluding hydrogens is 426 g/mol. The Morgan fingerprint density at radius 3 is 2.04 bits per heavy atom. The summed E-state index contributed by atoms with van der Waals surface area (Å²) in [6.45, 7) is 0. The third-order valence-corrected chi connectivity index (χ3v) is 4.99. The van der Waals surface area contributed by atoms with E-state index in [1.165, 1.54) is 0 Å². The highest BCUT2D eigenvalue weighted by Gasteiger charge is 2.35. The summed E-state index contributed by atoms with van der Waals surface area (Å²) in [5.41, 5.74) is -1.09. The van der Waals surface area contributed by atoms with Crippen molar-refractivity contribution in [2.45, 2.75) is 15.1 Å². The Morgan fingerprint density at radius 2 is 1.61 bits per heavy atom. The van der Waals surface area contributed by atoms with Crippen LogP contribution in [-0.2, 0) is 17.0 Å². The van der Waals surface area contributed by atoms with Crippen molar-refractivity contribution in [3.05, 3.63) is 40.3 Å². The van der Waals surface area contributed by atoms with Crippen LogP contribution in [0.15, 0.2) is 29.7 Å². The Bertz CT molecular complexity index is 749. The molecule has 1 aromatic heterocycles. The average molecular weight is 430 g/mol. The molecule has 2 rings (SSSR count). The van der Waals surface area contributed by atoms with Crippen LogP contribution in [-0.4, -0.2) is 17.7 Å². The normalized spacial score (nSPS) is 14.1. The van der Waals surface area contributed by atoms with Gasteiger partial charge in [0.1, 0.15) is 17.1 Å². The monoisotopic (exact) mass is 428 g/mol. The summed E-state index contributed by atoms with van der Waals surface area (Å²) >= 11 is 21.8. The number of aromatic nitrogens is 2. The number of halogens is 8. The SMILES string of the molecule is O=S(c1cn(-c2c(Cl)cc(C(F)(F)F)cc2Cl)cn1)C(F)(Cl)Cl. The van der Waals surface area contributed by atoms with Crippen molar-refractivity contribution in [1.82, 2.24) is 9.55 Å². The molecular formula is C11H4Cl4F4N2OS. The second-order valence-corrected chi connectivity index (χ2v) is 8.14. The minimum Gasteiger partial charge on any atom is -0.302 e. The largest absolute Gasteiger partial charge is 0.416 e. The highest BCUT2D eigenvalue weighted by atomic mass is 35.5. The van der Waals surface area contributed by atoms with Crippen molar-refractivity contribution in [3.63, 3.8) is 0 Å². The Morgan fingerprint density at radius 1 is 1.09 bits per heavy atom. The van der Waals surface area contributed by atoms with E-state index >= 15 is 0 Å². The van der Waals surface area contributed by atoms with Crippen LogP contribution in [0.2, 0.25) is 10.0 Å². The van der Waals surface area contributed by atoms with E-state index in [1.54, 1.807) is 0 Å². The lowest BCUT2D eigenvalue weighted by Crippen LogP contribution is -2.13. The second-order valence-electron chi connectivity index (χ2n) is 4.12. The number of hydrogen-bond donors (Lipinski definition) is 0. The maximum Gasteiger partial charge on any atom is 0.416 e. The van der Waals surface area contributed by atoms with E-state index in [9.17, 15) is 21.8 Å². The van der Waals surface area contributed by atoms with Crippen molar-refractivity contribution >= 4 is 57.2 Å². The van der Waals surface area contributed by atoms with Crippen LogP contribution in [0, 0.1) is 0 Å². The summed E-state index contributed by atoms with van der Waals surface area (Å²) in [5, 5.41) is -1.00. The van der Waals surface area contributed by atoms with Crippen LogP contribution in [0.5, 0.6) is 0 Å². The van der Waals surface area contributed by atoms with Crippen molar-refractivity contribution in [3.8, 4) is 5.69 Å². The minimum absolute atomic E-state index is 0.0503. The first-order valence-electron chi connectivity index (χ1n) is 5.50. The average Bonchev–Trinajstić information content (AvgIpc) is 2.84. The summed E-state index contributed by atoms with van der Waals surface area (Å²) in [4.78, 5) is 3.63. The third-order valence-electron chi connectivity index (χ3n) is 2.56. The molecule has 12 heteroatoms. The summed E-state index contributed by atoms with van der Waals surface area (Å²) < 4.78 is 60.9. The molecule has 0 amide bonds. The molecule has 1 atom stereocenters. The van der Waals surface area contributed by atoms with Crippen LogP contribution in [0.3, 0.4) is 0 Å². The van der Waals surface area contributed by atoms with Crippen LogP contribution in [0.4, 0.5) is 17.6 Å². The number of nitrogens with zero attached hydrogens (tertiary/aromatic N) is 2. The van der Waals surface area contributed by atoms with Gasteiger partial charge in [0.2, 0.25) is 0 Å². The van der Waals surface area contributed by atoms with E-state index in [1.807, 2.05) is 0 Å². The van der Waals surface area contributed by atoms with Crippen LogP contribution in [0.25, 0.3) is 5.69 Å². The lowest BCUT2D eigenvalue weighted by atomic mass is 10.2. The fraction of sp³-hybridized carbons (Fsp3) is 0.182. The van der Waals surface area contributed by atoms with Crippen LogP contribution >= 0.6 is 46.4 Å². The predicted octanol–water partition coefficient (Wildman–Crippen LogP) is 5.36.